The van der Waals surface area contributed by atoms with Gasteiger partial charge < -0.3 is 15.2 Å². The van der Waals surface area contributed by atoms with Crippen LogP contribution in [0.3, 0.4) is 0 Å². The van der Waals surface area contributed by atoms with Crippen LogP contribution in [0, 0.1) is 0 Å². The number of fused-ring (bicyclic) bond motifs is 1. The molecule has 1 unspecified atom stereocenters. The summed E-state index contributed by atoms with van der Waals surface area (Å²) >= 11 is 1.84. The first kappa shape index (κ1) is 15.5. The highest BCUT2D eigenvalue weighted by molar-refractivity contribution is 7.99. The zero-order valence-electron chi connectivity index (χ0n) is 12.8. The Morgan fingerprint density at radius 3 is 2.60 bits per heavy atom. The third kappa shape index (κ3) is 2.77. The first-order valence-corrected chi connectivity index (χ1v) is 8.39. The SMILES string of the molecule is CCC1NC(CC)(CC)CSc2cc(O)c(OC)cc21. The molecule has 1 heterocycles. The summed E-state index contributed by atoms with van der Waals surface area (Å²) in [7, 11) is 1.60. The number of ether oxygens (including phenoxy) is 1. The van der Waals surface area contributed by atoms with Crippen molar-refractivity contribution in [1.82, 2.24) is 5.32 Å². The van der Waals surface area contributed by atoms with Crippen LogP contribution in [0.4, 0.5) is 0 Å². The molecule has 0 amide bonds. The molecule has 1 aliphatic rings. The quantitative estimate of drug-likeness (QED) is 0.877. The van der Waals surface area contributed by atoms with Gasteiger partial charge in [0.2, 0.25) is 0 Å². The molecule has 0 spiro atoms. The molecule has 20 heavy (non-hydrogen) atoms. The number of aromatic hydroxyl groups is 1. The molecule has 0 radical (unpaired) electrons. The Labute approximate surface area is 126 Å². The van der Waals surface area contributed by atoms with Gasteiger partial charge in [-0.2, -0.15) is 0 Å². The lowest BCUT2D eigenvalue weighted by atomic mass is 9.92. The maximum atomic E-state index is 10.0. The molecule has 2 N–H and O–H groups in total. The largest absolute Gasteiger partial charge is 0.504 e. The van der Waals surface area contributed by atoms with Crippen molar-refractivity contribution < 1.29 is 9.84 Å². The number of phenolic OH excluding ortho intramolecular Hbond substituents is 1. The van der Waals surface area contributed by atoms with E-state index in [1.165, 1.54) is 10.5 Å². The summed E-state index contributed by atoms with van der Waals surface area (Å²) in [5, 5.41) is 13.9. The van der Waals surface area contributed by atoms with Crippen molar-refractivity contribution in [2.45, 2.75) is 56.5 Å². The number of rotatable bonds is 4. The Morgan fingerprint density at radius 1 is 1.35 bits per heavy atom. The van der Waals surface area contributed by atoms with Gasteiger partial charge in [-0.25, -0.2) is 0 Å². The van der Waals surface area contributed by atoms with E-state index in [4.69, 9.17) is 4.74 Å². The lowest BCUT2D eigenvalue weighted by Crippen LogP contribution is -2.47. The van der Waals surface area contributed by atoms with Crippen molar-refractivity contribution in [3.05, 3.63) is 17.7 Å². The number of phenols is 1. The van der Waals surface area contributed by atoms with Gasteiger partial charge >= 0.3 is 0 Å². The predicted molar refractivity (Wildman–Crippen MR) is 84.9 cm³/mol. The second-order valence-electron chi connectivity index (χ2n) is 5.44. The van der Waals surface area contributed by atoms with Crippen molar-refractivity contribution in [2.75, 3.05) is 12.9 Å². The van der Waals surface area contributed by atoms with Gasteiger partial charge in [-0.15, -0.1) is 11.8 Å². The standard InChI is InChI=1S/C16H25NO2S/c1-5-12-11-8-14(19-4)13(18)9-15(11)20-10-16(6-2,7-3)17-12/h8-9,12,17-18H,5-7,10H2,1-4H3. The van der Waals surface area contributed by atoms with E-state index < -0.39 is 0 Å². The Morgan fingerprint density at radius 2 is 2.05 bits per heavy atom. The average Bonchev–Trinajstić information content (AvgIpc) is 2.63. The van der Waals surface area contributed by atoms with Crippen molar-refractivity contribution in [2.24, 2.45) is 0 Å². The summed E-state index contributed by atoms with van der Waals surface area (Å²) in [6.07, 6.45) is 3.26. The van der Waals surface area contributed by atoms with E-state index in [1.54, 1.807) is 7.11 Å². The average molecular weight is 295 g/mol. The summed E-state index contributed by atoms with van der Waals surface area (Å²) in [6.45, 7) is 6.70. The third-order valence-corrected chi connectivity index (χ3v) is 5.79. The van der Waals surface area contributed by atoms with Gasteiger partial charge in [-0.1, -0.05) is 20.8 Å². The Bertz CT molecular complexity index is 472. The van der Waals surface area contributed by atoms with Crippen LogP contribution in [0.1, 0.15) is 51.6 Å². The molecule has 0 fully saturated rings. The van der Waals surface area contributed by atoms with Gasteiger partial charge in [0.15, 0.2) is 11.5 Å². The highest BCUT2D eigenvalue weighted by Gasteiger charge is 2.33. The fourth-order valence-electron chi connectivity index (χ4n) is 2.81. The van der Waals surface area contributed by atoms with Crippen LogP contribution in [-0.2, 0) is 0 Å². The van der Waals surface area contributed by atoms with Crippen molar-refractivity contribution in [1.29, 1.82) is 0 Å². The predicted octanol–water partition coefficient (Wildman–Crippen LogP) is 4.11. The molecule has 0 bridgehead atoms. The van der Waals surface area contributed by atoms with Gasteiger partial charge in [0, 0.05) is 22.2 Å². The first-order chi connectivity index (χ1) is 9.59. The molecule has 0 aromatic heterocycles. The molecule has 0 aliphatic carbocycles. The molecular formula is C16H25NO2S. The van der Waals surface area contributed by atoms with Crippen LogP contribution in [0.25, 0.3) is 0 Å². The second-order valence-corrected chi connectivity index (χ2v) is 6.46. The number of thioether (sulfide) groups is 1. The number of methoxy groups -OCH3 is 1. The molecule has 4 heteroatoms. The fraction of sp³-hybridized carbons (Fsp3) is 0.625. The van der Waals surface area contributed by atoms with Crippen LogP contribution >= 0.6 is 11.8 Å². The third-order valence-electron chi connectivity index (χ3n) is 4.43. The van der Waals surface area contributed by atoms with Crippen LogP contribution in [0.2, 0.25) is 0 Å². The number of benzene rings is 1. The van der Waals surface area contributed by atoms with Crippen molar-refractivity contribution >= 4 is 11.8 Å². The molecule has 1 atom stereocenters. The Hall–Kier alpha value is -0.870. The minimum absolute atomic E-state index is 0.174. The van der Waals surface area contributed by atoms with E-state index in [1.807, 2.05) is 23.9 Å². The topological polar surface area (TPSA) is 41.5 Å². The highest BCUT2D eigenvalue weighted by Crippen LogP contribution is 2.43. The molecule has 0 saturated carbocycles. The van der Waals surface area contributed by atoms with E-state index in [0.717, 1.165) is 25.0 Å². The molecule has 3 nitrogen and oxygen atoms in total. The Kier molecular flexibility index (Phi) is 4.86. The second kappa shape index (κ2) is 6.27. The molecule has 1 aromatic rings. The minimum atomic E-state index is 0.174. The number of hydrogen-bond acceptors (Lipinski definition) is 4. The van der Waals surface area contributed by atoms with Gasteiger partial charge in [-0.05, 0) is 37.0 Å². The van der Waals surface area contributed by atoms with Gasteiger partial charge in [-0.3, -0.25) is 0 Å². The maximum Gasteiger partial charge on any atom is 0.160 e. The van der Waals surface area contributed by atoms with E-state index in [-0.39, 0.29) is 11.3 Å². The Balaban J connectivity index is 2.45. The molecule has 0 saturated heterocycles. The van der Waals surface area contributed by atoms with Gasteiger partial charge in [0.25, 0.3) is 0 Å². The fourth-order valence-corrected chi connectivity index (χ4v) is 4.30. The number of hydrogen-bond donors (Lipinski definition) is 2. The molecule has 1 aliphatic heterocycles. The zero-order valence-corrected chi connectivity index (χ0v) is 13.6. The minimum Gasteiger partial charge on any atom is -0.504 e. The highest BCUT2D eigenvalue weighted by atomic mass is 32.2. The molecular weight excluding hydrogens is 270 g/mol. The van der Waals surface area contributed by atoms with Crippen molar-refractivity contribution in [3.8, 4) is 11.5 Å². The normalized spacial score (nSPS) is 21.1. The van der Waals surface area contributed by atoms with Crippen LogP contribution in [-0.4, -0.2) is 23.5 Å². The van der Waals surface area contributed by atoms with E-state index >= 15 is 0 Å². The lowest BCUT2D eigenvalue weighted by Gasteiger charge is -2.34. The summed E-state index contributed by atoms with van der Waals surface area (Å²) in [5.41, 5.74) is 1.42. The molecule has 1 aromatic carbocycles. The summed E-state index contributed by atoms with van der Waals surface area (Å²) in [4.78, 5) is 1.17. The first-order valence-electron chi connectivity index (χ1n) is 7.40. The van der Waals surface area contributed by atoms with E-state index in [2.05, 4.69) is 26.1 Å². The van der Waals surface area contributed by atoms with E-state index in [0.29, 0.717) is 11.8 Å². The van der Waals surface area contributed by atoms with Gasteiger partial charge in [0.1, 0.15) is 0 Å². The van der Waals surface area contributed by atoms with Gasteiger partial charge in [0.05, 0.1) is 7.11 Å². The van der Waals surface area contributed by atoms with Crippen LogP contribution in [0.5, 0.6) is 11.5 Å². The maximum absolute atomic E-state index is 10.0. The summed E-state index contributed by atoms with van der Waals surface area (Å²) < 4.78 is 5.26. The molecule has 2 rings (SSSR count). The van der Waals surface area contributed by atoms with Crippen LogP contribution < -0.4 is 10.1 Å². The number of nitrogens with one attached hydrogen (secondary N) is 1. The summed E-state index contributed by atoms with van der Waals surface area (Å²) in [5.74, 6) is 1.83. The van der Waals surface area contributed by atoms with Crippen molar-refractivity contribution in [3.63, 3.8) is 0 Å². The monoisotopic (exact) mass is 295 g/mol. The molecule has 112 valence electrons. The smallest absolute Gasteiger partial charge is 0.160 e. The zero-order chi connectivity index (χ0) is 14.8. The lowest BCUT2D eigenvalue weighted by molar-refractivity contribution is 0.293. The van der Waals surface area contributed by atoms with E-state index in [9.17, 15) is 5.11 Å². The summed E-state index contributed by atoms with van der Waals surface area (Å²) in [6, 6.07) is 4.15. The van der Waals surface area contributed by atoms with Crippen LogP contribution in [0.15, 0.2) is 17.0 Å².